The molecule has 0 aliphatic carbocycles. The van der Waals surface area contributed by atoms with Crippen LogP contribution in [0, 0.1) is 0 Å². The molecule has 0 spiro atoms. The van der Waals surface area contributed by atoms with Crippen LogP contribution in [-0.4, -0.2) is 30.8 Å². The van der Waals surface area contributed by atoms with Gasteiger partial charge in [0, 0.05) is 37.2 Å². The summed E-state index contributed by atoms with van der Waals surface area (Å²) >= 11 is 0. The maximum Gasteiger partial charge on any atom is 0.259 e. The Labute approximate surface area is 161 Å². The average molecular weight is 375 g/mol. The lowest BCUT2D eigenvalue weighted by Crippen LogP contribution is -2.16. The van der Waals surface area contributed by atoms with Crippen molar-refractivity contribution in [3.8, 4) is 11.1 Å². The van der Waals surface area contributed by atoms with Crippen LogP contribution in [0.3, 0.4) is 0 Å². The molecule has 142 valence electrons. The molecular weight excluding hydrogens is 354 g/mol. The van der Waals surface area contributed by atoms with Crippen LogP contribution in [0.2, 0.25) is 0 Å². The zero-order valence-corrected chi connectivity index (χ0v) is 15.9. The molecule has 0 saturated carbocycles. The van der Waals surface area contributed by atoms with Gasteiger partial charge in [0.2, 0.25) is 0 Å². The second-order valence-corrected chi connectivity index (χ2v) is 6.88. The third-order valence-electron chi connectivity index (χ3n) is 4.23. The Bertz CT molecular complexity index is 1190. The number of hydrogen-bond donors (Lipinski definition) is 3. The Hall–Kier alpha value is -3.68. The molecule has 0 unspecified atom stereocenters. The van der Waals surface area contributed by atoms with Gasteiger partial charge in [-0.2, -0.15) is 5.10 Å². The summed E-state index contributed by atoms with van der Waals surface area (Å²) in [6, 6.07) is 7.71. The third kappa shape index (κ3) is 3.57. The maximum atomic E-state index is 12.3. The lowest BCUT2D eigenvalue weighted by Gasteiger charge is -2.14. The monoisotopic (exact) mass is 375 g/mol. The number of H-pyrrole nitrogens is 1. The van der Waals surface area contributed by atoms with Crippen molar-refractivity contribution in [2.45, 2.75) is 19.9 Å². The predicted molar refractivity (Wildman–Crippen MR) is 111 cm³/mol. The summed E-state index contributed by atoms with van der Waals surface area (Å²) < 4.78 is 1.76. The van der Waals surface area contributed by atoms with Crippen molar-refractivity contribution in [2.75, 3.05) is 10.6 Å². The molecule has 0 amide bonds. The standard InChI is InChI=1S/C20H21N7O/c1-12(2)24-19-18-14(5-7-22-20(18)28)9-17(26-19)25-16-8-13(4-6-21-16)15-10-23-27(3)11-15/h4-12H,1-3H3,(H,22,28)(H2,21,24,25,26). The lowest BCUT2D eigenvalue weighted by molar-refractivity contribution is 0.768. The van der Waals surface area contributed by atoms with Gasteiger partial charge in [0.15, 0.2) is 0 Å². The first-order valence-electron chi connectivity index (χ1n) is 9.00. The number of nitrogens with zero attached hydrogens (tertiary/aromatic N) is 4. The van der Waals surface area contributed by atoms with Crippen molar-refractivity contribution in [3.63, 3.8) is 0 Å². The molecule has 4 rings (SSSR count). The molecule has 28 heavy (non-hydrogen) atoms. The van der Waals surface area contributed by atoms with E-state index in [0.29, 0.717) is 22.8 Å². The van der Waals surface area contributed by atoms with Gasteiger partial charge in [-0.3, -0.25) is 9.48 Å². The number of fused-ring (bicyclic) bond motifs is 1. The molecule has 0 aliphatic rings. The fourth-order valence-corrected chi connectivity index (χ4v) is 3.04. The van der Waals surface area contributed by atoms with Gasteiger partial charge in [0.05, 0.1) is 11.6 Å². The molecule has 0 aromatic carbocycles. The highest BCUT2D eigenvalue weighted by Gasteiger charge is 2.11. The zero-order chi connectivity index (χ0) is 19.7. The first-order valence-corrected chi connectivity index (χ1v) is 9.00. The molecular formula is C20H21N7O. The van der Waals surface area contributed by atoms with Gasteiger partial charge in [-0.1, -0.05) is 0 Å². The van der Waals surface area contributed by atoms with E-state index in [1.807, 2.05) is 57.6 Å². The number of rotatable bonds is 5. The quantitative estimate of drug-likeness (QED) is 0.495. The van der Waals surface area contributed by atoms with Crippen LogP contribution < -0.4 is 16.2 Å². The second-order valence-electron chi connectivity index (χ2n) is 6.88. The first kappa shape index (κ1) is 17.7. The van der Waals surface area contributed by atoms with Gasteiger partial charge in [0.1, 0.15) is 17.5 Å². The maximum absolute atomic E-state index is 12.3. The predicted octanol–water partition coefficient (Wildman–Crippen LogP) is 3.28. The van der Waals surface area contributed by atoms with Crippen LogP contribution in [0.15, 0.2) is 53.8 Å². The highest BCUT2D eigenvalue weighted by atomic mass is 16.1. The van der Waals surface area contributed by atoms with Gasteiger partial charge in [-0.25, -0.2) is 9.97 Å². The van der Waals surface area contributed by atoms with E-state index in [9.17, 15) is 4.79 Å². The smallest absolute Gasteiger partial charge is 0.259 e. The fraction of sp³-hybridized carbons (Fsp3) is 0.200. The summed E-state index contributed by atoms with van der Waals surface area (Å²) in [4.78, 5) is 24.0. The Morgan fingerprint density at radius 2 is 2.00 bits per heavy atom. The third-order valence-corrected chi connectivity index (χ3v) is 4.23. The Morgan fingerprint density at radius 1 is 1.14 bits per heavy atom. The number of aromatic nitrogens is 5. The molecule has 0 aliphatic heterocycles. The van der Waals surface area contributed by atoms with Crippen molar-refractivity contribution in [1.82, 2.24) is 24.7 Å². The van der Waals surface area contributed by atoms with E-state index in [-0.39, 0.29) is 11.6 Å². The minimum atomic E-state index is -0.170. The van der Waals surface area contributed by atoms with Crippen LogP contribution >= 0.6 is 0 Å². The van der Waals surface area contributed by atoms with Crippen molar-refractivity contribution >= 4 is 28.2 Å². The summed E-state index contributed by atoms with van der Waals surface area (Å²) in [6.07, 6.45) is 7.13. The molecule has 0 atom stereocenters. The van der Waals surface area contributed by atoms with Crippen LogP contribution in [0.25, 0.3) is 21.9 Å². The van der Waals surface area contributed by atoms with Gasteiger partial charge in [0.25, 0.3) is 5.56 Å². The zero-order valence-electron chi connectivity index (χ0n) is 15.9. The fourth-order valence-electron chi connectivity index (χ4n) is 3.04. The summed E-state index contributed by atoms with van der Waals surface area (Å²) in [5.41, 5.74) is 1.84. The van der Waals surface area contributed by atoms with E-state index < -0.39 is 0 Å². The minimum Gasteiger partial charge on any atom is -0.367 e. The van der Waals surface area contributed by atoms with E-state index in [1.54, 1.807) is 17.1 Å². The number of nitrogens with one attached hydrogen (secondary N) is 3. The Kier molecular flexibility index (Phi) is 4.52. The van der Waals surface area contributed by atoms with Crippen LogP contribution in [0.1, 0.15) is 13.8 Å². The van der Waals surface area contributed by atoms with Crippen molar-refractivity contribution in [2.24, 2.45) is 7.05 Å². The molecule has 4 aromatic rings. The summed E-state index contributed by atoms with van der Waals surface area (Å²) in [7, 11) is 1.88. The summed E-state index contributed by atoms with van der Waals surface area (Å²) in [5, 5.41) is 12.0. The van der Waals surface area contributed by atoms with Gasteiger partial charge in [-0.15, -0.1) is 0 Å². The van der Waals surface area contributed by atoms with Crippen molar-refractivity contribution in [1.29, 1.82) is 0 Å². The van der Waals surface area contributed by atoms with Crippen molar-refractivity contribution in [3.05, 3.63) is 59.4 Å². The number of hydrogen-bond acceptors (Lipinski definition) is 6. The summed E-state index contributed by atoms with van der Waals surface area (Å²) in [6.45, 7) is 4.01. The largest absolute Gasteiger partial charge is 0.367 e. The van der Waals surface area contributed by atoms with E-state index >= 15 is 0 Å². The SMILES string of the molecule is CC(C)Nc1nc(Nc2cc(-c3cnn(C)c3)ccn2)cc2cc[nH]c(=O)c12. The van der Waals surface area contributed by atoms with Crippen LogP contribution in [0.5, 0.6) is 0 Å². The van der Waals surface area contributed by atoms with Gasteiger partial charge in [-0.05, 0) is 49.1 Å². The van der Waals surface area contributed by atoms with Crippen LogP contribution in [0.4, 0.5) is 17.5 Å². The molecule has 8 heteroatoms. The second kappa shape index (κ2) is 7.15. The molecule has 4 aromatic heterocycles. The van der Waals surface area contributed by atoms with Gasteiger partial charge >= 0.3 is 0 Å². The highest BCUT2D eigenvalue weighted by molar-refractivity contribution is 5.93. The van der Waals surface area contributed by atoms with E-state index in [4.69, 9.17) is 0 Å². The number of pyridine rings is 3. The number of aromatic amines is 1. The number of aryl methyl sites for hydroxylation is 1. The molecule has 3 N–H and O–H groups in total. The van der Waals surface area contributed by atoms with Crippen LogP contribution in [-0.2, 0) is 7.05 Å². The Morgan fingerprint density at radius 3 is 2.75 bits per heavy atom. The molecule has 0 bridgehead atoms. The van der Waals surface area contributed by atoms with Crippen molar-refractivity contribution < 1.29 is 0 Å². The molecule has 0 fully saturated rings. The average Bonchev–Trinajstić information content (AvgIpc) is 3.08. The minimum absolute atomic E-state index is 0.137. The molecule has 0 saturated heterocycles. The van der Waals surface area contributed by atoms with E-state index in [0.717, 1.165) is 16.5 Å². The first-order chi connectivity index (χ1) is 13.5. The topological polar surface area (TPSA) is 101 Å². The van der Waals surface area contributed by atoms with E-state index in [1.165, 1.54) is 0 Å². The highest BCUT2D eigenvalue weighted by Crippen LogP contribution is 2.26. The molecule has 4 heterocycles. The van der Waals surface area contributed by atoms with Gasteiger partial charge < -0.3 is 15.6 Å². The normalized spacial score (nSPS) is 11.1. The lowest BCUT2D eigenvalue weighted by atomic mass is 10.1. The molecule has 0 radical (unpaired) electrons. The summed E-state index contributed by atoms with van der Waals surface area (Å²) in [5.74, 6) is 1.81. The molecule has 8 nitrogen and oxygen atoms in total. The Balaban J connectivity index is 1.73. The van der Waals surface area contributed by atoms with E-state index in [2.05, 4.69) is 30.7 Å². The number of anilines is 3.